The largest absolute Gasteiger partial charge is 0.393 e. The number of halogens is 2. The molecule has 9 nitrogen and oxygen atoms in total. The van der Waals surface area contributed by atoms with Crippen LogP contribution in [0.3, 0.4) is 0 Å². The van der Waals surface area contributed by atoms with Crippen molar-refractivity contribution in [1.82, 2.24) is 20.6 Å². The summed E-state index contributed by atoms with van der Waals surface area (Å²) in [6.07, 6.45) is 7.88. The molecule has 1 aromatic heterocycles. The second-order valence-corrected chi connectivity index (χ2v) is 7.85. The molecule has 2 aliphatic rings. The molecule has 1 aromatic rings. The highest BCUT2D eigenvalue weighted by atomic mass is 19.3. The van der Waals surface area contributed by atoms with E-state index >= 15 is 0 Å². The molecule has 1 saturated carbocycles. The van der Waals surface area contributed by atoms with Crippen LogP contribution in [-0.2, 0) is 4.74 Å². The maximum Gasteiger partial charge on any atom is 0.345 e. The molecule has 1 atom stereocenters. The van der Waals surface area contributed by atoms with Gasteiger partial charge in [0.05, 0.1) is 12.7 Å². The lowest BCUT2D eigenvalue weighted by atomic mass is 9.88. The number of alkyl halides is 2. The SMILES string of the molecule is O=C(N[C@@H]1CCCNC1)c1cnc(NCCOC(F)F)nc1N=CC1CCC(O)CC1. The lowest BCUT2D eigenvalue weighted by Gasteiger charge is -2.24. The lowest BCUT2D eigenvalue weighted by Crippen LogP contribution is -2.45. The van der Waals surface area contributed by atoms with E-state index in [2.05, 4.69) is 35.6 Å². The predicted molar refractivity (Wildman–Crippen MR) is 112 cm³/mol. The standard InChI is InChI=1S/C20H30F2N6O3/c21-19(22)31-9-8-24-20-26-12-16(18(30)27-14-2-1-7-23-11-14)17(28-20)25-10-13-3-5-15(29)6-4-13/h10,12-15,19,23,29H,1-9,11H2,(H,27,30)(H,24,26,28)/t13?,14-,15?/m1/s1. The summed E-state index contributed by atoms with van der Waals surface area (Å²) in [5, 5.41) is 18.7. The number of aliphatic hydroxyl groups is 1. The van der Waals surface area contributed by atoms with Crippen molar-refractivity contribution in [2.45, 2.75) is 57.3 Å². The fourth-order valence-corrected chi connectivity index (χ4v) is 3.69. The summed E-state index contributed by atoms with van der Waals surface area (Å²) in [6, 6.07) is 0.0298. The van der Waals surface area contributed by atoms with Crippen LogP contribution < -0.4 is 16.0 Å². The Morgan fingerprint density at radius 1 is 1.35 bits per heavy atom. The summed E-state index contributed by atoms with van der Waals surface area (Å²) in [5.41, 5.74) is 0.257. The van der Waals surface area contributed by atoms with E-state index in [-0.39, 0.29) is 54.5 Å². The molecule has 0 aromatic carbocycles. The van der Waals surface area contributed by atoms with Crippen LogP contribution in [0.15, 0.2) is 11.2 Å². The third kappa shape index (κ3) is 7.75. The molecule has 1 saturated heterocycles. The molecule has 1 amide bonds. The summed E-state index contributed by atoms with van der Waals surface area (Å²) in [6.45, 7) is -1.30. The molecule has 0 radical (unpaired) electrons. The van der Waals surface area contributed by atoms with Crippen LogP contribution in [0.25, 0.3) is 0 Å². The van der Waals surface area contributed by atoms with Crippen molar-refractivity contribution < 1.29 is 23.4 Å². The molecule has 1 aliphatic carbocycles. The zero-order chi connectivity index (χ0) is 22.1. The molecule has 31 heavy (non-hydrogen) atoms. The van der Waals surface area contributed by atoms with Crippen molar-refractivity contribution in [2.75, 3.05) is 31.6 Å². The summed E-state index contributed by atoms with van der Waals surface area (Å²) in [7, 11) is 0. The molecule has 1 aliphatic heterocycles. The molecule has 3 rings (SSSR count). The van der Waals surface area contributed by atoms with Crippen LogP contribution in [0.2, 0.25) is 0 Å². The molecule has 0 unspecified atom stereocenters. The normalized spacial score (nSPS) is 24.5. The molecule has 0 spiro atoms. The van der Waals surface area contributed by atoms with Gasteiger partial charge in [-0.1, -0.05) is 0 Å². The minimum absolute atomic E-state index is 0.0298. The number of aliphatic imine (C=N–C) groups is 1. The number of anilines is 1. The topological polar surface area (TPSA) is 121 Å². The first-order valence-corrected chi connectivity index (χ1v) is 10.8. The number of aliphatic hydroxyl groups excluding tert-OH is 1. The Morgan fingerprint density at radius 3 is 2.87 bits per heavy atom. The molecular formula is C20H30F2N6O3. The van der Waals surface area contributed by atoms with Crippen LogP contribution in [0.4, 0.5) is 20.5 Å². The quantitative estimate of drug-likeness (QED) is 0.342. The van der Waals surface area contributed by atoms with Crippen LogP contribution >= 0.6 is 0 Å². The number of amides is 1. The van der Waals surface area contributed by atoms with Gasteiger partial charge < -0.3 is 25.8 Å². The van der Waals surface area contributed by atoms with Gasteiger partial charge in [-0.2, -0.15) is 13.8 Å². The number of hydrogen-bond donors (Lipinski definition) is 4. The molecule has 4 N–H and O–H groups in total. The van der Waals surface area contributed by atoms with E-state index in [4.69, 9.17) is 0 Å². The van der Waals surface area contributed by atoms with E-state index in [1.54, 1.807) is 6.21 Å². The van der Waals surface area contributed by atoms with Gasteiger partial charge in [0.25, 0.3) is 5.91 Å². The van der Waals surface area contributed by atoms with Gasteiger partial charge in [0.1, 0.15) is 5.56 Å². The van der Waals surface area contributed by atoms with Gasteiger partial charge in [-0.3, -0.25) is 4.79 Å². The number of piperidine rings is 1. The molecule has 2 fully saturated rings. The van der Waals surface area contributed by atoms with Gasteiger partial charge in [0.2, 0.25) is 5.95 Å². The Bertz CT molecular complexity index is 738. The van der Waals surface area contributed by atoms with Crippen LogP contribution in [-0.4, -0.2) is 72.2 Å². The second kappa shape index (κ2) is 12.0. The second-order valence-electron chi connectivity index (χ2n) is 7.85. The first-order chi connectivity index (χ1) is 15.0. The lowest BCUT2D eigenvalue weighted by molar-refractivity contribution is -0.125. The van der Waals surface area contributed by atoms with E-state index in [1.807, 2.05) is 0 Å². The number of hydrogen-bond acceptors (Lipinski definition) is 8. The zero-order valence-electron chi connectivity index (χ0n) is 17.4. The molecular weight excluding hydrogens is 410 g/mol. The maximum atomic E-state index is 12.8. The highest BCUT2D eigenvalue weighted by Crippen LogP contribution is 2.24. The first kappa shape index (κ1) is 23.4. The van der Waals surface area contributed by atoms with Crippen molar-refractivity contribution in [3.05, 3.63) is 11.8 Å². The van der Waals surface area contributed by atoms with E-state index < -0.39 is 6.61 Å². The number of carbonyl (C=O) groups is 1. The molecule has 11 heteroatoms. The maximum absolute atomic E-state index is 12.8. The zero-order valence-corrected chi connectivity index (χ0v) is 17.4. The Hall–Kier alpha value is -2.24. The van der Waals surface area contributed by atoms with Gasteiger partial charge >= 0.3 is 6.61 Å². The predicted octanol–water partition coefficient (Wildman–Crippen LogP) is 1.86. The van der Waals surface area contributed by atoms with E-state index in [0.717, 1.165) is 45.1 Å². The van der Waals surface area contributed by atoms with Gasteiger partial charge in [-0.25, -0.2) is 9.98 Å². The first-order valence-electron chi connectivity index (χ1n) is 10.8. The minimum atomic E-state index is -2.84. The van der Waals surface area contributed by atoms with Crippen molar-refractivity contribution in [2.24, 2.45) is 10.9 Å². The van der Waals surface area contributed by atoms with Crippen LogP contribution in [0, 0.1) is 5.92 Å². The number of aromatic nitrogens is 2. The number of nitrogens with zero attached hydrogens (tertiary/aromatic N) is 3. The third-order valence-corrected chi connectivity index (χ3v) is 5.42. The summed E-state index contributed by atoms with van der Waals surface area (Å²) >= 11 is 0. The fourth-order valence-electron chi connectivity index (χ4n) is 3.69. The summed E-state index contributed by atoms with van der Waals surface area (Å²) in [4.78, 5) is 25.7. The highest BCUT2D eigenvalue weighted by molar-refractivity contribution is 5.98. The molecule has 2 heterocycles. The molecule has 172 valence electrons. The van der Waals surface area contributed by atoms with Crippen molar-refractivity contribution in [3.8, 4) is 0 Å². The van der Waals surface area contributed by atoms with E-state index in [0.29, 0.717) is 6.54 Å². The Morgan fingerprint density at radius 2 is 2.16 bits per heavy atom. The number of carbonyl (C=O) groups excluding carboxylic acids is 1. The smallest absolute Gasteiger partial charge is 0.345 e. The fraction of sp³-hybridized carbons (Fsp3) is 0.700. The average Bonchev–Trinajstić information content (AvgIpc) is 2.77. The van der Waals surface area contributed by atoms with Gasteiger partial charge in [0.15, 0.2) is 5.82 Å². The van der Waals surface area contributed by atoms with Crippen LogP contribution in [0.5, 0.6) is 0 Å². The van der Waals surface area contributed by atoms with Crippen LogP contribution in [0.1, 0.15) is 48.9 Å². The van der Waals surface area contributed by atoms with Gasteiger partial charge in [-0.05, 0) is 51.0 Å². The van der Waals surface area contributed by atoms with E-state index in [1.165, 1.54) is 6.20 Å². The monoisotopic (exact) mass is 440 g/mol. The Kier molecular flexibility index (Phi) is 9.04. The summed E-state index contributed by atoms with van der Waals surface area (Å²) in [5.74, 6) is 0.305. The minimum Gasteiger partial charge on any atom is -0.393 e. The Balaban J connectivity index is 1.70. The van der Waals surface area contributed by atoms with Gasteiger partial charge in [-0.15, -0.1) is 0 Å². The van der Waals surface area contributed by atoms with Crippen molar-refractivity contribution >= 4 is 23.9 Å². The Labute approximate surface area is 180 Å². The number of ether oxygens (including phenoxy) is 1. The highest BCUT2D eigenvalue weighted by Gasteiger charge is 2.21. The molecule has 0 bridgehead atoms. The van der Waals surface area contributed by atoms with E-state index in [9.17, 15) is 18.7 Å². The summed E-state index contributed by atoms with van der Waals surface area (Å²) < 4.78 is 28.4. The number of rotatable bonds is 9. The number of nitrogens with one attached hydrogen (secondary N) is 3. The van der Waals surface area contributed by atoms with Gasteiger partial charge in [0, 0.05) is 31.5 Å². The van der Waals surface area contributed by atoms with Crippen molar-refractivity contribution in [1.29, 1.82) is 0 Å². The average molecular weight is 440 g/mol. The van der Waals surface area contributed by atoms with Crippen molar-refractivity contribution in [3.63, 3.8) is 0 Å². The third-order valence-electron chi connectivity index (χ3n) is 5.42.